The lowest BCUT2D eigenvalue weighted by molar-refractivity contribution is -0.140. The van der Waals surface area contributed by atoms with E-state index in [2.05, 4.69) is 10.6 Å². The second kappa shape index (κ2) is 7.33. The van der Waals surface area contributed by atoms with E-state index in [4.69, 9.17) is 9.84 Å². The molecule has 1 aliphatic rings. The van der Waals surface area contributed by atoms with E-state index >= 15 is 0 Å². The number of carbonyl (C=O) groups is 2. The number of hydrogen-bond acceptors (Lipinski definition) is 3. The Morgan fingerprint density at radius 3 is 2.53 bits per heavy atom. The van der Waals surface area contributed by atoms with E-state index in [-0.39, 0.29) is 12.0 Å². The number of carboxylic acid groups (broad SMARTS) is 1. The molecule has 0 radical (unpaired) electrons. The van der Waals surface area contributed by atoms with Crippen LogP contribution in [0.25, 0.3) is 0 Å². The monoisotopic (exact) mass is 272 g/mol. The van der Waals surface area contributed by atoms with Crippen LogP contribution in [0, 0.1) is 11.8 Å². The molecule has 1 rings (SSSR count). The zero-order valence-corrected chi connectivity index (χ0v) is 11.8. The maximum atomic E-state index is 11.8. The number of aliphatic carboxylic acids is 1. The molecule has 4 atom stereocenters. The van der Waals surface area contributed by atoms with Crippen molar-refractivity contribution in [3.63, 3.8) is 0 Å². The van der Waals surface area contributed by atoms with Crippen LogP contribution < -0.4 is 10.6 Å². The van der Waals surface area contributed by atoms with E-state index < -0.39 is 18.0 Å². The molecule has 1 aliphatic heterocycles. The van der Waals surface area contributed by atoms with E-state index in [1.54, 1.807) is 0 Å². The number of ether oxygens (including phenoxy) is 1. The summed E-state index contributed by atoms with van der Waals surface area (Å²) >= 11 is 0. The van der Waals surface area contributed by atoms with Crippen molar-refractivity contribution in [2.75, 3.05) is 13.2 Å². The zero-order chi connectivity index (χ0) is 14.4. The van der Waals surface area contributed by atoms with Gasteiger partial charge in [-0.05, 0) is 19.3 Å². The van der Waals surface area contributed by atoms with E-state index in [0.29, 0.717) is 18.9 Å². The fourth-order valence-corrected chi connectivity index (χ4v) is 2.14. The molecule has 0 aromatic carbocycles. The number of amides is 2. The smallest absolute Gasteiger partial charge is 0.326 e. The van der Waals surface area contributed by atoms with Crippen molar-refractivity contribution < 1.29 is 19.4 Å². The maximum absolute atomic E-state index is 11.8. The molecule has 2 amide bonds. The number of hydrogen-bond donors (Lipinski definition) is 3. The first-order valence-electron chi connectivity index (χ1n) is 6.83. The van der Waals surface area contributed by atoms with Crippen LogP contribution in [0.1, 0.15) is 33.6 Å². The molecule has 0 spiro atoms. The molecular weight excluding hydrogens is 248 g/mol. The van der Waals surface area contributed by atoms with Crippen LogP contribution in [0.3, 0.4) is 0 Å². The number of carboxylic acids is 1. The van der Waals surface area contributed by atoms with Crippen molar-refractivity contribution in [3.05, 3.63) is 0 Å². The number of urea groups is 1. The van der Waals surface area contributed by atoms with Gasteiger partial charge in [-0.3, -0.25) is 0 Å². The average molecular weight is 272 g/mol. The van der Waals surface area contributed by atoms with Crippen LogP contribution in [0.5, 0.6) is 0 Å². The van der Waals surface area contributed by atoms with E-state index in [1.165, 1.54) is 0 Å². The average Bonchev–Trinajstić information content (AvgIpc) is 2.88. The minimum absolute atomic E-state index is 0.0196. The van der Waals surface area contributed by atoms with Gasteiger partial charge in [-0.25, -0.2) is 9.59 Å². The van der Waals surface area contributed by atoms with Crippen molar-refractivity contribution in [1.29, 1.82) is 0 Å². The minimum atomic E-state index is -0.999. The molecule has 3 N–H and O–H groups in total. The Hall–Kier alpha value is -1.30. The summed E-state index contributed by atoms with van der Waals surface area (Å²) < 4.78 is 5.27. The fourth-order valence-electron chi connectivity index (χ4n) is 2.14. The molecule has 110 valence electrons. The molecule has 6 nitrogen and oxygen atoms in total. The van der Waals surface area contributed by atoms with Crippen LogP contribution in [-0.2, 0) is 9.53 Å². The van der Waals surface area contributed by atoms with Gasteiger partial charge in [0, 0.05) is 18.6 Å². The summed E-state index contributed by atoms with van der Waals surface area (Å²) in [7, 11) is 0. The molecule has 4 unspecified atom stereocenters. The molecule has 19 heavy (non-hydrogen) atoms. The lowest BCUT2D eigenvalue weighted by atomic mass is 9.99. The molecule has 1 heterocycles. The van der Waals surface area contributed by atoms with Gasteiger partial charge in [0.15, 0.2) is 0 Å². The molecule has 0 saturated carbocycles. The standard InChI is InChI=1S/C13H24N2O4/c1-4-8(2)11(12(16)17)15-13(18)14-9(3)10-5-6-19-7-10/h8-11H,4-7H2,1-3H3,(H,16,17)(H2,14,15,18). The first-order chi connectivity index (χ1) is 8.95. The van der Waals surface area contributed by atoms with E-state index in [9.17, 15) is 9.59 Å². The molecule has 1 saturated heterocycles. The molecule has 1 fully saturated rings. The van der Waals surface area contributed by atoms with Crippen molar-refractivity contribution in [3.8, 4) is 0 Å². The van der Waals surface area contributed by atoms with Gasteiger partial charge in [-0.2, -0.15) is 0 Å². The summed E-state index contributed by atoms with van der Waals surface area (Å²) in [6.45, 7) is 7.00. The zero-order valence-electron chi connectivity index (χ0n) is 11.8. The topological polar surface area (TPSA) is 87.7 Å². The second-order valence-electron chi connectivity index (χ2n) is 5.23. The van der Waals surface area contributed by atoms with Crippen LogP contribution in [0.4, 0.5) is 4.79 Å². The molecule has 0 aromatic rings. The first-order valence-corrected chi connectivity index (χ1v) is 6.83. The summed E-state index contributed by atoms with van der Waals surface area (Å²) in [4.78, 5) is 22.9. The predicted octanol–water partition coefficient (Wildman–Crippen LogP) is 1.21. The number of nitrogens with one attached hydrogen (secondary N) is 2. The van der Waals surface area contributed by atoms with Crippen LogP contribution in [-0.4, -0.2) is 42.4 Å². The Kier molecular flexibility index (Phi) is 6.08. The molecule has 0 aromatic heterocycles. The molecule has 0 bridgehead atoms. The highest BCUT2D eigenvalue weighted by Crippen LogP contribution is 2.16. The van der Waals surface area contributed by atoms with Crippen LogP contribution in [0.15, 0.2) is 0 Å². The van der Waals surface area contributed by atoms with E-state index in [0.717, 1.165) is 13.0 Å². The van der Waals surface area contributed by atoms with Gasteiger partial charge in [0.05, 0.1) is 6.61 Å². The highest BCUT2D eigenvalue weighted by Gasteiger charge is 2.28. The highest BCUT2D eigenvalue weighted by molar-refractivity contribution is 5.82. The quantitative estimate of drug-likeness (QED) is 0.678. The summed E-state index contributed by atoms with van der Waals surface area (Å²) in [6, 6.07) is -1.29. The third kappa shape index (κ3) is 4.70. The van der Waals surface area contributed by atoms with Crippen molar-refractivity contribution in [2.24, 2.45) is 11.8 Å². The number of rotatable bonds is 6. The first kappa shape index (κ1) is 15.8. The Bertz CT molecular complexity index is 316. The third-order valence-corrected chi connectivity index (χ3v) is 3.80. The summed E-state index contributed by atoms with van der Waals surface area (Å²) in [5.74, 6) is -0.799. The predicted molar refractivity (Wildman–Crippen MR) is 70.9 cm³/mol. The van der Waals surface area contributed by atoms with Gasteiger partial charge < -0.3 is 20.5 Å². The molecule has 0 aliphatic carbocycles. The SMILES string of the molecule is CCC(C)C(NC(=O)NC(C)C1CCOC1)C(=O)O. The van der Waals surface area contributed by atoms with Gasteiger partial charge in [-0.1, -0.05) is 20.3 Å². The normalized spacial score (nSPS) is 23.4. The summed E-state index contributed by atoms with van der Waals surface area (Å²) in [5, 5.41) is 14.4. The fraction of sp³-hybridized carbons (Fsp3) is 0.846. The number of carbonyl (C=O) groups excluding carboxylic acids is 1. The van der Waals surface area contributed by atoms with Gasteiger partial charge in [0.25, 0.3) is 0 Å². The Balaban J connectivity index is 2.45. The molecule has 6 heteroatoms. The van der Waals surface area contributed by atoms with Crippen LogP contribution >= 0.6 is 0 Å². The lowest BCUT2D eigenvalue weighted by Gasteiger charge is -2.24. The largest absolute Gasteiger partial charge is 0.480 e. The second-order valence-corrected chi connectivity index (χ2v) is 5.23. The maximum Gasteiger partial charge on any atom is 0.326 e. The summed E-state index contributed by atoms with van der Waals surface area (Å²) in [5.41, 5.74) is 0. The summed E-state index contributed by atoms with van der Waals surface area (Å²) in [6.07, 6.45) is 1.62. The van der Waals surface area contributed by atoms with Crippen molar-refractivity contribution in [2.45, 2.75) is 45.7 Å². The Morgan fingerprint density at radius 1 is 1.37 bits per heavy atom. The Labute approximate surface area is 113 Å². The van der Waals surface area contributed by atoms with Crippen molar-refractivity contribution >= 4 is 12.0 Å². The van der Waals surface area contributed by atoms with Crippen molar-refractivity contribution in [1.82, 2.24) is 10.6 Å². The minimum Gasteiger partial charge on any atom is -0.480 e. The lowest BCUT2D eigenvalue weighted by Crippen LogP contribution is -2.52. The van der Waals surface area contributed by atoms with Gasteiger partial charge >= 0.3 is 12.0 Å². The molecular formula is C13H24N2O4. The van der Waals surface area contributed by atoms with Gasteiger partial charge in [0.1, 0.15) is 6.04 Å². The Morgan fingerprint density at radius 2 is 2.05 bits per heavy atom. The third-order valence-electron chi connectivity index (χ3n) is 3.80. The van der Waals surface area contributed by atoms with Gasteiger partial charge in [0.2, 0.25) is 0 Å². The van der Waals surface area contributed by atoms with Crippen LogP contribution in [0.2, 0.25) is 0 Å². The van der Waals surface area contributed by atoms with E-state index in [1.807, 2.05) is 20.8 Å². The highest BCUT2D eigenvalue weighted by atomic mass is 16.5. The van der Waals surface area contributed by atoms with Gasteiger partial charge in [-0.15, -0.1) is 0 Å².